The molecule has 0 aromatic carbocycles. The van der Waals surface area contributed by atoms with Crippen LogP contribution in [0.5, 0.6) is 0 Å². The number of ether oxygens (including phenoxy) is 2. The van der Waals surface area contributed by atoms with Crippen LogP contribution >= 0.6 is 0 Å². The van der Waals surface area contributed by atoms with Crippen LogP contribution in [0.3, 0.4) is 0 Å². The molecule has 0 saturated heterocycles. The Morgan fingerprint density at radius 2 is 2.00 bits per heavy atom. The van der Waals surface area contributed by atoms with Crippen molar-refractivity contribution in [2.75, 3.05) is 7.11 Å². The number of carbonyl (C=O) groups is 2. The zero-order valence-electron chi connectivity index (χ0n) is 7.70. The topological polar surface area (TPSA) is 52.6 Å². The molecule has 0 aromatic heterocycles. The normalized spacial score (nSPS) is 11.2. The summed E-state index contributed by atoms with van der Waals surface area (Å²) in [6, 6.07) is 0. The maximum Gasteiger partial charge on any atom is 0.336 e. The van der Waals surface area contributed by atoms with Gasteiger partial charge in [-0.1, -0.05) is 13.2 Å². The average molecular weight is 184 g/mol. The summed E-state index contributed by atoms with van der Waals surface area (Å²) in [5, 5.41) is 0. The Morgan fingerprint density at radius 3 is 2.38 bits per heavy atom. The largest absolute Gasteiger partial charge is 0.466 e. The van der Waals surface area contributed by atoms with Gasteiger partial charge in [0, 0.05) is 6.08 Å². The fourth-order valence-electron chi connectivity index (χ4n) is 0.591. The minimum absolute atomic E-state index is 0.0951. The van der Waals surface area contributed by atoms with Crippen molar-refractivity contribution in [3.05, 3.63) is 24.8 Å². The Kier molecular flexibility index (Phi) is 4.51. The maximum atomic E-state index is 10.9. The maximum absolute atomic E-state index is 10.9. The summed E-state index contributed by atoms with van der Waals surface area (Å²) in [6.07, 6.45) is 0.319. The Morgan fingerprint density at radius 1 is 1.46 bits per heavy atom. The first-order valence-corrected chi connectivity index (χ1v) is 3.63. The number of esters is 2. The molecule has 1 unspecified atom stereocenters. The van der Waals surface area contributed by atoms with Gasteiger partial charge in [0.25, 0.3) is 0 Å². The van der Waals surface area contributed by atoms with Gasteiger partial charge in [0.2, 0.25) is 0 Å². The van der Waals surface area contributed by atoms with Crippen LogP contribution in [0.1, 0.15) is 6.92 Å². The molecule has 13 heavy (non-hydrogen) atoms. The van der Waals surface area contributed by atoms with Gasteiger partial charge in [-0.15, -0.1) is 0 Å². The van der Waals surface area contributed by atoms with Crippen molar-refractivity contribution in [1.82, 2.24) is 0 Å². The van der Waals surface area contributed by atoms with E-state index in [1.54, 1.807) is 0 Å². The van der Waals surface area contributed by atoms with E-state index in [0.717, 1.165) is 6.08 Å². The van der Waals surface area contributed by atoms with Crippen molar-refractivity contribution in [3.8, 4) is 0 Å². The standard InChI is InChI=1S/C9H12O4/c1-5-8(10)13-7(3)6(2)9(11)12-4/h5,7H,1-2H2,3-4H3. The first-order chi connectivity index (χ1) is 6.02. The summed E-state index contributed by atoms with van der Waals surface area (Å²) in [6.45, 7) is 8.17. The van der Waals surface area contributed by atoms with Gasteiger partial charge in [0.05, 0.1) is 12.7 Å². The van der Waals surface area contributed by atoms with E-state index in [2.05, 4.69) is 17.9 Å². The van der Waals surface area contributed by atoms with Gasteiger partial charge in [0.1, 0.15) is 6.10 Å². The van der Waals surface area contributed by atoms with Gasteiger partial charge in [0.15, 0.2) is 0 Å². The van der Waals surface area contributed by atoms with Crippen molar-refractivity contribution in [1.29, 1.82) is 0 Å². The molecule has 0 spiro atoms. The van der Waals surface area contributed by atoms with E-state index in [-0.39, 0.29) is 5.57 Å². The van der Waals surface area contributed by atoms with E-state index in [4.69, 9.17) is 4.74 Å². The van der Waals surface area contributed by atoms with Gasteiger partial charge in [-0.05, 0) is 6.92 Å². The molecule has 0 amide bonds. The molecule has 0 radical (unpaired) electrons. The number of carbonyl (C=O) groups excluding carboxylic acids is 2. The molecular weight excluding hydrogens is 172 g/mol. The number of hydrogen-bond acceptors (Lipinski definition) is 4. The minimum Gasteiger partial charge on any atom is -0.466 e. The van der Waals surface area contributed by atoms with Crippen LogP contribution in [-0.2, 0) is 19.1 Å². The lowest BCUT2D eigenvalue weighted by Crippen LogP contribution is -2.21. The number of hydrogen-bond donors (Lipinski definition) is 0. The summed E-state index contributed by atoms with van der Waals surface area (Å²) in [4.78, 5) is 21.6. The second kappa shape index (κ2) is 5.13. The van der Waals surface area contributed by atoms with Gasteiger partial charge >= 0.3 is 11.9 Å². The lowest BCUT2D eigenvalue weighted by molar-refractivity contribution is -0.143. The molecule has 0 bridgehead atoms. The van der Waals surface area contributed by atoms with Crippen LogP contribution < -0.4 is 0 Å². The quantitative estimate of drug-likeness (QED) is 0.479. The van der Waals surface area contributed by atoms with Crippen LogP contribution in [0, 0.1) is 0 Å². The van der Waals surface area contributed by atoms with Gasteiger partial charge < -0.3 is 9.47 Å². The number of rotatable bonds is 4. The molecule has 4 nitrogen and oxygen atoms in total. The predicted octanol–water partition coefficient (Wildman–Crippen LogP) is 0.833. The third-order valence-electron chi connectivity index (χ3n) is 1.40. The Bertz CT molecular complexity index is 242. The smallest absolute Gasteiger partial charge is 0.336 e. The second-order valence-corrected chi connectivity index (χ2v) is 2.30. The van der Waals surface area contributed by atoms with E-state index < -0.39 is 18.0 Å². The second-order valence-electron chi connectivity index (χ2n) is 2.30. The van der Waals surface area contributed by atoms with Gasteiger partial charge in [-0.3, -0.25) is 0 Å². The molecule has 0 fully saturated rings. The van der Waals surface area contributed by atoms with Crippen molar-refractivity contribution < 1.29 is 19.1 Å². The lowest BCUT2D eigenvalue weighted by atomic mass is 10.2. The highest BCUT2D eigenvalue weighted by molar-refractivity contribution is 5.89. The molecule has 0 aromatic rings. The highest BCUT2D eigenvalue weighted by atomic mass is 16.6. The van der Waals surface area contributed by atoms with Crippen LogP contribution in [-0.4, -0.2) is 25.2 Å². The molecule has 0 N–H and O–H groups in total. The summed E-state index contributed by atoms with van der Waals surface area (Å²) >= 11 is 0. The molecular formula is C9H12O4. The fourth-order valence-corrected chi connectivity index (χ4v) is 0.591. The van der Waals surface area contributed by atoms with Gasteiger partial charge in [-0.2, -0.15) is 0 Å². The van der Waals surface area contributed by atoms with Gasteiger partial charge in [-0.25, -0.2) is 9.59 Å². The fraction of sp³-hybridized carbons (Fsp3) is 0.333. The summed E-state index contributed by atoms with van der Waals surface area (Å²) < 4.78 is 9.12. The average Bonchev–Trinajstić information content (AvgIpc) is 2.14. The molecule has 0 heterocycles. The molecule has 1 atom stereocenters. The highest BCUT2D eigenvalue weighted by Crippen LogP contribution is 2.06. The molecule has 72 valence electrons. The molecule has 0 aliphatic rings. The Hall–Kier alpha value is -1.58. The summed E-state index contributed by atoms with van der Waals surface area (Å²) in [5.41, 5.74) is 0.0951. The third kappa shape index (κ3) is 3.55. The molecule has 0 aliphatic carbocycles. The first-order valence-electron chi connectivity index (χ1n) is 3.63. The molecule has 4 heteroatoms. The van der Waals surface area contributed by atoms with E-state index in [9.17, 15) is 9.59 Å². The van der Waals surface area contributed by atoms with Crippen LogP contribution in [0.4, 0.5) is 0 Å². The van der Waals surface area contributed by atoms with E-state index in [0.29, 0.717) is 0 Å². The minimum atomic E-state index is -0.696. The van der Waals surface area contributed by atoms with E-state index in [1.165, 1.54) is 14.0 Å². The zero-order valence-corrected chi connectivity index (χ0v) is 7.70. The zero-order chi connectivity index (χ0) is 10.4. The van der Waals surface area contributed by atoms with Crippen LogP contribution in [0.2, 0.25) is 0 Å². The van der Waals surface area contributed by atoms with Crippen molar-refractivity contribution in [3.63, 3.8) is 0 Å². The van der Waals surface area contributed by atoms with E-state index in [1.807, 2.05) is 0 Å². The molecule has 0 aliphatic heterocycles. The van der Waals surface area contributed by atoms with Crippen molar-refractivity contribution in [2.45, 2.75) is 13.0 Å². The third-order valence-corrected chi connectivity index (χ3v) is 1.40. The lowest BCUT2D eigenvalue weighted by Gasteiger charge is -2.12. The van der Waals surface area contributed by atoms with Crippen LogP contribution in [0.15, 0.2) is 24.8 Å². The van der Waals surface area contributed by atoms with Crippen LogP contribution in [0.25, 0.3) is 0 Å². The Labute approximate surface area is 76.8 Å². The van der Waals surface area contributed by atoms with E-state index >= 15 is 0 Å². The molecule has 0 saturated carbocycles. The Balaban J connectivity index is 4.18. The summed E-state index contributed by atoms with van der Waals surface area (Å²) in [7, 11) is 1.23. The SMILES string of the molecule is C=CC(=O)OC(C)C(=C)C(=O)OC. The summed E-state index contributed by atoms with van der Waals surface area (Å²) in [5.74, 6) is -1.19. The molecule has 0 rings (SSSR count). The predicted molar refractivity (Wildman–Crippen MR) is 46.9 cm³/mol. The number of methoxy groups -OCH3 is 1. The first kappa shape index (κ1) is 11.4. The highest BCUT2D eigenvalue weighted by Gasteiger charge is 2.17. The van der Waals surface area contributed by atoms with Crippen molar-refractivity contribution in [2.24, 2.45) is 0 Å². The van der Waals surface area contributed by atoms with Crippen molar-refractivity contribution >= 4 is 11.9 Å². The monoisotopic (exact) mass is 184 g/mol.